The standard InChI is InChI=1S/C19H25BN2O7S/c1-21(2)18(24)12-5-4-8-22(12)15(23)10-30-14-9-11-6-7-13(28-3)16(19(25)26)17(11)29-20(14)27/h6-7,12,14,27H,4-5,8-10H2,1-3H3,(H,25,26)/t12?,14-/m0/s1. The molecule has 0 aliphatic carbocycles. The number of ether oxygens (including phenoxy) is 1. The van der Waals surface area contributed by atoms with Crippen LogP contribution in [-0.4, -0.2) is 89.5 Å². The second-order valence-electron chi connectivity index (χ2n) is 7.48. The molecule has 2 N–H and O–H groups in total. The van der Waals surface area contributed by atoms with Gasteiger partial charge >= 0.3 is 13.1 Å². The number of thioether (sulfide) groups is 1. The number of methoxy groups -OCH3 is 1. The molecule has 0 spiro atoms. The Morgan fingerprint density at radius 2 is 2.10 bits per heavy atom. The fraction of sp³-hybridized carbons (Fsp3) is 0.526. The van der Waals surface area contributed by atoms with E-state index in [0.29, 0.717) is 24.9 Å². The van der Waals surface area contributed by atoms with Gasteiger partial charge in [0.25, 0.3) is 0 Å². The molecule has 30 heavy (non-hydrogen) atoms. The lowest BCUT2D eigenvalue weighted by molar-refractivity contribution is -0.140. The smallest absolute Gasteiger partial charge is 0.534 e. The Bertz CT molecular complexity index is 850. The first kappa shape index (κ1) is 22.3. The van der Waals surface area contributed by atoms with E-state index in [1.54, 1.807) is 31.1 Å². The maximum atomic E-state index is 12.7. The number of fused-ring (bicyclic) bond motifs is 1. The number of aromatic carboxylic acids is 1. The van der Waals surface area contributed by atoms with Crippen LogP contribution in [0, 0.1) is 0 Å². The summed E-state index contributed by atoms with van der Waals surface area (Å²) in [5.74, 6) is -1.11. The first-order valence-corrected chi connectivity index (χ1v) is 10.7. The number of hydrogen-bond acceptors (Lipinski definition) is 7. The van der Waals surface area contributed by atoms with E-state index in [9.17, 15) is 24.5 Å². The Labute approximate surface area is 179 Å². The van der Waals surface area contributed by atoms with E-state index < -0.39 is 24.3 Å². The summed E-state index contributed by atoms with van der Waals surface area (Å²) in [6.07, 6.45) is 1.78. The van der Waals surface area contributed by atoms with Gasteiger partial charge in [0, 0.05) is 20.6 Å². The Morgan fingerprint density at radius 3 is 2.73 bits per heavy atom. The fourth-order valence-electron chi connectivity index (χ4n) is 3.81. The highest BCUT2D eigenvalue weighted by atomic mass is 32.2. The van der Waals surface area contributed by atoms with Gasteiger partial charge < -0.3 is 29.3 Å². The maximum absolute atomic E-state index is 12.7. The van der Waals surface area contributed by atoms with Crippen LogP contribution in [0.15, 0.2) is 12.1 Å². The second-order valence-corrected chi connectivity index (χ2v) is 8.70. The van der Waals surface area contributed by atoms with Gasteiger partial charge in [0.15, 0.2) is 0 Å². The van der Waals surface area contributed by atoms with Crippen molar-refractivity contribution in [1.82, 2.24) is 9.80 Å². The number of carbonyl (C=O) groups excluding carboxylic acids is 2. The molecule has 2 amide bonds. The quantitative estimate of drug-likeness (QED) is 0.621. The van der Waals surface area contributed by atoms with Crippen LogP contribution in [0.4, 0.5) is 0 Å². The molecule has 0 bridgehead atoms. The lowest BCUT2D eigenvalue weighted by Gasteiger charge is -2.30. The third-order valence-electron chi connectivity index (χ3n) is 5.33. The number of likely N-dealkylation sites (tertiary alicyclic amines) is 1. The summed E-state index contributed by atoms with van der Waals surface area (Å²) < 4.78 is 10.6. The number of carbonyl (C=O) groups is 3. The topological polar surface area (TPSA) is 117 Å². The van der Waals surface area contributed by atoms with Gasteiger partial charge in [-0.15, -0.1) is 11.8 Å². The van der Waals surface area contributed by atoms with E-state index in [2.05, 4.69) is 0 Å². The number of carboxylic acids is 1. The average molecular weight is 436 g/mol. The molecule has 3 rings (SSSR count). The van der Waals surface area contributed by atoms with Crippen molar-refractivity contribution < 1.29 is 33.9 Å². The predicted octanol–water partition coefficient (Wildman–Crippen LogP) is 0.529. The third-order valence-corrected chi connectivity index (χ3v) is 6.57. The fourth-order valence-corrected chi connectivity index (χ4v) is 4.85. The minimum atomic E-state index is -1.27. The summed E-state index contributed by atoms with van der Waals surface area (Å²) in [5, 5.41) is 19.5. The molecule has 2 heterocycles. The number of nitrogens with zero attached hydrogens (tertiary/aromatic N) is 2. The molecule has 0 radical (unpaired) electrons. The van der Waals surface area contributed by atoms with E-state index in [4.69, 9.17) is 9.39 Å². The van der Waals surface area contributed by atoms with Crippen LogP contribution < -0.4 is 9.39 Å². The van der Waals surface area contributed by atoms with Crippen molar-refractivity contribution in [3.63, 3.8) is 0 Å². The summed E-state index contributed by atoms with van der Waals surface area (Å²) in [4.78, 5) is 39.7. The molecular formula is C19H25BN2O7S. The van der Waals surface area contributed by atoms with Gasteiger partial charge in [-0.25, -0.2) is 4.79 Å². The largest absolute Gasteiger partial charge is 0.536 e. The molecule has 1 aromatic rings. The van der Waals surface area contributed by atoms with E-state index in [1.165, 1.54) is 23.8 Å². The normalized spacial score (nSPS) is 20.4. The molecule has 1 saturated heterocycles. The predicted molar refractivity (Wildman–Crippen MR) is 112 cm³/mol. The monoisotopic (exact) mass is 436 g/mol. The molecule has 1 unspecified atom stereocenters. The number of amides is 2. The Balaban J connectivity index is 1.68. The van der Waals surface area contributed by atoms with Crippen LogP contribution in [0.3, 0.4) is 0 Å². The van der Waals surface area contributed by atoms with E-state index in [1.807, 2.05) is 0 Å². The summed E-state index contributed by atoms with van der Waals surface area (Å²) in [6, 6.07) is 2.82. The number of likely N-dealkylation sites (N-methyl/N-ethyl adjacent to an activating group) is 1. The Kier molecular flexibility index (Phi) is 6.82. The average Bonchev–Trinajstić information content (AvgIpc) is 3.20. The zero-order chi connectivity index (χ0) is 22.0. The highest BCUT2D eigenvalue weighted by molar-refractivity contribution is 8.01. The van der Waals surface area contributed by atoms with Gasteiger partial charge in [0.05, 0.1) is 18.0 Å². The summed E-state index contributed by atoms with van der Waals surface area (Å²) in [6.45, 7) is 0.540. The molecule has 0 aromatic heterocycles. The Morgan fingerprint density at radius 1 is 1.37 bits per heavy atom. The third kappa shape index (κ3) is 4.36. The van der Waals surface area contributed by atoms with E-state index in [0.717, 1.165) is 6.42 Å². The lowest BCUT2D eigenvalue weighted by atomic mass is 9.77. The Hall–Kier alpha value is -2.40. The van der Waals surface area contributed by atoms with Crippen molar-refractivity contribution in [3.8, 4) is 11.5 Å². The maximum Gasteiger partial charge on any atom is 0.536 e. The van der Waals surface area contributed by atoms with Crippen molar-refractivity contribution in [2.24, 2.45) is 0 Å². The van der Waals surface area contributed by atoms with Gasteiger partial charge in [-0.2, -0.15) is 0 Å². The zero-order valence-corrected chi connectivity index (χ0v) is 18.0. The SMILES string of the molecule is COc1ccc2c(c1C(=O)O)OB(O)[C@@H](SCC(=O)N1CCCC1C(=O)N(C)C)C2. The van der Waals surface area contributed by atoms with Crippen LogP contribution in [0.5, 0.6) is 11.5 Å². The van der Waals surface area contributed by atoms with E-state index in [-0.39, 0.29) is 34.6 Å². The lowest BCUT2D eigenvalue weighted by Crippen LogP contribution is -2.47. The molecule has 9 nitrogen and oxygen atoms in total. The molecule has 0 saturated carbocycles. The minimum Gasteiger partial charge on any atom is -0.534 e. The molecule has 2 aliphatic rings. The molecule has 162 valence electrons. The first-order chi connectivity index (χ1) is 14.2. The molecule has 1 aromatic carbocycles. The second kappa shape index (κ2) is 9.17. The highest BCUT2D eigenvalue weighted by Crippen LogP contribution is 2.38. The molecule has 1 fully saturated rings. The van der Waals surface area contributed by atoms with Gasteiger partial charge in [-0.3, -0.25) is 9.59 Å². The van der Waals surface area contributed by atoms with Crippen LogP contribution in [0.1, 0.15) is 28.8 Å². The van der Waals surface area contributed by atoms with Crippen LogP contribution in [0.2, 0.25) is 0 Å². The van der Waals surface area contributed by atoms with Crippen LogP contribution >= 0.6 is 11.8 Å². The zero-order valence-electron chi connectivity index (χ0n) is 17.2. The molecule has 2 atom stereocenters. The van der Waals surface area contributed by atoms with Crippen molar-refractivity contribution in [1.29, 1.82) is 0 Å². The van der Waals surface area contributed by atoms with Gasteiger partial charge in [-0.05, 0) is 30.9 Å². The number of rotatable bonds is 6. The van der Waals surface area contributed by atoms with Crippen molar-refractivity contribution in [2.75, 3.05) is 33.5 Å². The van der Waals surface area contributed by atoms with Gasteiger partial charge in [0.2, 0.25) is 11.8 Å². The van der Waals surface area contributed by atoms with E-state index >= 15 is 0 Å². The van der Waals surface area contributed by atoms with Crippen LogP contribution in [0.25, 0.3) is 0 Å². The molecular weight excluding hydrogens is 411 g/mol. The van der Waals surface area contributed by atoms with Gasteiger partial charge in [0.1, 0.15) is 23.1 Å². The van der Waals surface area contributed by atoms with Crippen molar-refractivity contribution in [3.05, 3.63) is 23.3 Å². The minimum absolute atomic E-state index is 0.0871. The number of benzene rings is 1. The van der Waals surface area contributed by atoms with Crippen molar-refractivity contribution >= 4 is 36.7 Å². The summed E-state index contributed by atoms with van der Waals surface area (Å²) in [7, 11) is 3.44. The highest BCUT2D eigenvalue weighted by Gasteiger charge is 2.40. The van der Waals surface area contributed by atoms with Gasteiger partial charge in [-0.1, -0.05) is 6.07 Å². The van der Waals surface area contributed by atoms with Crippen LogP contribution in [-0.2, 0) is 16.0 Å². The summed E-state index contributed by atoms with van der Waals surface area (Å²) >= 11 is 1.24. The number of hydrogen-bond donors (Lipinski definition) is 2. The molecule has 11 heteroatoms. The van der Waals surface area contributed by atoms with Crippen molar-refractivity contribution in [2.45, 2.75) is 30.5 Å². The number of carboxylic acid groups (broad SMARTS) is 1. The summed E-state index contributed by atoms with van der Waals surface area (Å²) in [5.41, 5.74) is 0.501. The molecule has 2 aliphatic heterocycles. The first-order valence-electron chi connectivity index (χ1n) is 9.64.